The van der Waals surface area contributed by atoms with Crippen molar-refractivity contribution < 1.29 is 234 Å². The molecule has 4 atom stereocenters. The first-order valence-electron chi connectivity index (χ1n) is 40.8. The molecule has 4 unspecified atom stereocenters. The first-order chi connectivity index (χ1) is 65.5. The van der Waals surface area contributed by atoms with E-state index in [1.54, 1.807) is 0 Å². The van der Waals surface area contributed by atoms with Crippen molar-refractivity contribution in [1.29, 1.82) is 0 Å². The maximum atomic E-state index is 13.7. The van der Waals surface area contributed by atoms with E-state index in [0.29, 0.717) is 5.92 Å². The number of halogens is 8. The Kier molecular flexibility index (Phi) is 100. The second-order valence-electron chi connectivity index (χ2n) is 25.9. The van der Waals surface area contributed by atoms with E-state index in [1.165, 1.54) is 0 Å². The molecule has 0 aromatic carbocycles. The lowest BCUT2D eigenvalue weighted by atomic mass is 9.92. The Morgan fingerprint density at radius 3 is 0.640 bits per heavy atom. The summed E-state index contributed by atoms with van der Waals surface area (Å²) in [5, 5.41) is 39.3. The number of ether oxygens (including phenoxy) is 16. The second-order valence-corrected chi connectivity index (χ2v) is 25.9. The summed E-state index contributed by atoms with van der Waals surface area (Å²) in [7, 11) is 0. The zero-order valence-corrected chi connectivity index (χ0v) is 76.6. The minimum absolute atomic E-state index is 0.116. The van der Waals surface area contributed by atoms with Gasteiger partial charge in [-0.05, 0) is 96.6 Å². The van der Waals surface area contributed by atoms with Crippen molar-refractivity contribution >= 4 is 78.7 Å². The average Bonchev–Trinajstić information content (AvgIpc) is 0.861. The van der Waals surface area contributed by atoms with Gasteiger partial charge < -0.3 is 123 Å². The molecule has 12 N–H and O–H groups in total. The van der Waals surface area contributed by atoms with Crippen molar-refractivity contribution in [3.05, 3.63) is 52.6 Å². The average molecular weight is 2010 g/mol. The molecule has 136 heavy (non-hydrogen) atoms. The first kappa shape index (κ1) is 136. The van der Waals surface area contributed by atoms with Crippen LogP contribution in [-0.4, -0.2) is 339 Å². The van der Waals surface area contributed by atoms with Gasteiger partial charge in [0.2, 0.25) is 23.6 Å². The largest absolute Gasteiger partial charge is 0.447 e. The van der Waals surface area contributed by atoms with Gasteiger partial charge in [0.25, 0.3) is 0 Å². The van der Waals surface area contributed by atoms with Crippen LogP contribution in [0.1, 0.15) is 80.1 Å². The predicted molar refractivity (Wildman–Crippen MR) is 445 cm³/mol. The number of hydrogen-bond acceptors (Lipinski definition) is 41. The molecule has 53 nitrogen and oxygen atoms in total. The molecule has 794 valence electrons. The third-order valence-electron chi connectivity index (χ3n) is 14.5. The topological polar surface area (TPSA) is 625 Å². The van der Waals surface area contributed by atoms with Crippen LogP contribution in [0.3, 0.4) is 0 Å². The van der Waals surface area contributed by atoms with E-state index in [0.717, 1.165) is 46.8 Å². The standard InChI is InChI=1S/C61H104F8N12O40.C6H12O.4C2H4/c1-41(114-118-66)74-57(90)106-33-47(34-107-58(91)75-42(2)115-119-67)80-51(84)7-15-100-39-61(40-101-16-8-52(85)81-48(35-108-59(92)76-43(3)116-120-68)36-109-60(93)77-44(4)117-121-69,37-98-13-5-49(82)78-45(29-102-53(86)70-9-17-94-21-25-110-62)30-103-54(87)71-10-18-95-22-26-111-63)38-99-14-6-50(83)79-46(31-104-55(88)72-11-19-96-23-27-112-64)32-105-56(89)73-12-20-97-24-28-113-65;1-6(2)4-3-5-7;4*1-2/h41-48H,5-40H2,1-4H3,(H,70,86)(H,71,87)(H,72,88)(H,73,89)(H,74,90)(H,75,91)(H,76,92)(H,77,93)(H,78,82)(H,79,83)(H,80,84)(H,81,85);5-6H,3-4H2,1-2H3;4*1-2H2. The van der Waals surface area contributed by atoms with E-state index in [1.807, 2.05) is 21.3 Å². The van der Waals surface area contributed by atoms with Crippen molar-refractivity contribution in [3.63, 3.8) is 0 Å². The van der Waals surface area contributed by atoms with E-state index >= 15 is 0 Å². The Balaban J connectivity index is -0.00000262. The third-order valence-corrected chi connectivity index (χ3v) is 14.5. The van der Waals surface area contributed by atoms with Crippen LogP contribution in [0.5, 0.6) is 0 Å². The molecule has 0 aliphatic heterocycles. The van der Waals surface area contributed by atoms with Gasteiger partial charge >= 0.3 is 48.7 Å². The van der Waals surface area contributed by atoms with E-state index in [2.05, 4.69) is 169 Å². The molecule has 0 radical (unpaired) electrons. The number of carbonyl (C=O) groups excluding carboxylic acids is 13. The van der Waals surface area contributed by atoms with Crippen LogP contribution < -0.4 is 63.8 Å². The van der Waals surface area contributed by atoms with Crippen molar-refractivity contribution in [3.8, 4) is 0 Å². The summed E-state index contributed by atoms with van der Waals surface area (Å²) in [6, 6.07) is -5.41. The number of amides is 12. The number of carbonyl (C=O) groups is 13. The minimum atomic E-state index is -1.72. The quantitative estimate of drug-likeness (QED) is 0.00580. The van der Waals surface area contributed by atoms with Crippen LogP contribution in [0.15, 0.2) is 52.6 Å². The number of alkyl carbamates (subject to hydrolysis) is 8. The fourth-order valence-corrected chi connectivity index (χ4v) is 8.62. The molecule has 0 aromatic heterocycles. The highest BCUT2D eigenvalue weighted by Gasteiger charge is 2.34. The molecular formula is C75H132F8N12O41. The van der Waals surface area contributed by atoms with Crippen molar-refractivity contribution in [2.24, 2.45) is 11.3 Å². The zero-order valence-electron chi connectivity index (χ0n) is 76.6. The van der Waals surface area contributed by atoms with E-state index in [9.17, 15) is 98.5 Å². The minimum Gasteiger partial charge on any atom is -0.447 e. The molecule has 0 saturated carbocycles. The smallest absolute Gasteiger partial charge is 0.409 e. The summed E-state index contributed by atoms with van der Waals surface area (Å²) in [6.07, 6.45) is -14.7. The summed E-state index contributed by atoms with van der Waals surface area (Å²) >= 11 is 0. The Morgan fingerprint density at radius 2 is 0.471 bits per heavy atom. The number of hydrogen-bond donors (Lipinski definition) is 12. The molecule has 0 heterocycles. The Labute approximate surface area is 778 Å². The highest BCUT2D eigenvalue weighted by atomic mass is 19.3. The van der Waals surface area contributed by atoms with Crippen LogP contribution in [0.2, 0.25) is 0 Å². The summed E-state index contributed by atoms with van der Waals surface area (Å²) < 4.78 is 183. The van der Waals surface area contributed by atoms with Gasteiger partial charge in [0.1, 0.15) is 85.6 Å². The second kappa shape index (κ2) is 100. The van der Waals surface area contributed by atoms with Crippen LogP contribution in [0.4, 0.5) is 74.6 Å². The molecule has 0 aliphatic carbocycles. The fraction of sp³-hybridized carbons (Fsp3) is 0.720. The van der Waals surface area contributed by atoms with E-state index in [-0.39, 0.29) is 79.0 Å². The van der Waals surface area contributed by atoms with Crippen molar-refractivity contribution in [1.82, 2.24) is 63.8 Å². The predicted octanol–water partition coefficient (Wildman–Crippen LogP) is 4.56. The van der Waals surface area contributed by atoms with Crippen LogP contribution in [-0.2, 0) is 159 Å². The molecular weight excluding hydrogens is 1880 g/mol. The maximum absolute atomic E-state index is 13.7. The van der Waals surface area contributed by atoms with Gasteiger partial charge in [0.05, 0.1) is 135 Å². The van der Waals surface area contributed by atoms with Gasteiger partial charge in [0, 0.05) is 58.3 Å². The lowest BCUT2D eigenvalue weighted by Gasteiger charge is -2.33. The van der Waals surface area contributed by atoms with Crippen molar-refractivity contribution in [2.45, 2.75) is 129 Å². The highest BCUT2D eigenvalue weighted by Crippen LogP contribution is 2.22. The third kappa shape index (κ3) is 92.4. The van der Waals surface area contributed by atoms with E-state index < -0.39 is 285 Å². The van der Waals surface area contributed by atoms with Crippen LogP contribution >= 0.6 is 0 Å². The van der Waals surface area contributed by atoms with Gasteiger partial charge in [0.15, 0.2) is 24.9 Å². The molecule has 0 saturated heterocycles. The number of rotatable bonds is 79. The van der Waals surface area contributed by atoms with Gasteiger partial charge in [-0.15, -0.1) is 52.6 Å². The summed E-state index contributed by atoms with van der Waals surface area (Å²) in [5.74, 6) is -2.85. The Hall–Kier alpha value is -10.7. The number of aldehydes is 1. The zero-order chi connectivity index (χ0) is 103. The molecule has 0 aliphatic rings. The molecule has 0 fully saturated rings. The summed E-state index contributed by atoms with van der Waals surface area (Å²) in [4.78, 5) is 195. The summed E-state index contributed by atoms with van der Waals surface area (Å²) in [6.45, 7) is 19.0. The normalized spacial score (nSPS) is 11.9. The Morgan fingerprint density at radius 1 is 0.272 bits per heavy atom. The number of nitrogens with one attached hydrogen (secondary N) is 12. The fourth-order valence-electron chi connectivity index (χ4n) is 8.62. The molecule has 12 amide bonds. The lowest BCUT2D eigenvalue weighted by molar-refractivity contribution is -0.449. The summed E-state index contributed by atoms with van der Waals surface area (Å²) in [5.41, 5.74) is -1.72. The highest BCUT2D eigenvalue weighted by molar-refractivity contribution is 5.78. The first-order valence-corrected chi connectivity index (χ1v) is 40.8. The molecule has 0 spiro atoms. The van der Waals surface area contributed by atoms with Gasteiger partial charge in [-0.1, -0.05) is 13.8 Å². The van der Waals surface area contributed by atoms with Crippen molar-refractivity contribution in [2.75, 3.05) is 211 Å². The van der Waals surface area contributed by atoms with Crippen LogP contribution in [0, 0.1) is 11.3 Å². The molecule has 0 bridgehead atoms. The Bertz CT molecular complexity index is 2720. The monoisotopic (exact) mass is 2010 g/mol. The van der Waals surface area contributed by atoms with Gasteiger partial charge in [-0.2, -0.15) is 39.3 Å². The SMILES string of the molecule is C=C.C=C.C=C.C=C.CC(C)CCC=O.CC(NC(=O)OCC(COC(=O)NC(C)OOF)NC(=O)CCOCC(COCCC(=O)NC(COC(=O)NCCOCCOF)COC(=O)NCCOCCOF)(COCCC(=O)NC(COC(=O)NCCOCCOF)COC(=O)NCCOCCOF)COCCC(=O)NC(COC(=O)NC(C)OOF)COC(=O)NC(C)OOF)OOF. The molecule has 0 aromatic rings. The molecule has 0 rings (SSSR count). The van der Waals surface area contributed by atoms with E-state index in [4.69, 9.17) is 75.8 Å². The van der Waals surface area contributed by atoms with Crippen LogP contribution in [0.25, 0.3) is 0 Å². The van der Waals surface area contributed by atoms with Gasteiger partial charge in [-0.3, -0.25) is 40.4 Å². The maximum Gasteiger partial charge on any atom is 0.409 e. The lowest BCUT2D eigenvalue weighted by Crippen LogP contribution is -2.46. The molecule has 61 heteroatoms. The van der Waals surface area contributed by atoms with Gasteiger partial charge in [-0.25, -0.2) is 38.4 Å².